The van der Waals surface area contributed by atoms with Gasteiger partial charge in [0.05, 0.1) is 39.9 Å². The lowest BCUT2D eigenvalue weighted by Crippen LogP contribution is -2.33. The van der Waals surface area contributed by atoms with Crippen LogP contribution in [0.15, 0.2) is 59.4 Å². The predicted molar refractivity (Wildman–Crippen MR) is 129 cm³/mol. The quantitative estimate of drug-likeness (QED) is 0.323. The molecule has 0 fully saturated rings. The number of imidazole rings is 1. The lowest BCUT2D eigenvalue weighted by atomic mass is 10.0. The number of fused-ring (bicyclic) bond motifs is 2. The Balaban J connectivity index is 1.38. The standard InChI is InChI=1S/C24H21N7O3/c1-13-21-16(11-18(14-6-4-3-5-7-14)27-22(21)31(2)30-13)23(33)25-12-20(32)26-15-8-9-17-19(10-15)29-24(34)28-17/h3-11H,12H2,1-2H3,(H,25,33)(H,26,32)(H2,28,29,34). The van der Waals surface area contributed by atoms with E-state index in [4.69, 9.17) is 4.98 Å². The summed E-state index contributed by atoms with van der Waals surface area (Å²) in [6.45, 7) is 1.58. The summed E-state index contributed by atoms with van der Waals surface area (Å²) in [6, 6.07) is 16.3. The molecular formula is C24H21N7O3. The molecule has 10 heteroatoms. The number of rotatable bonds is 5. The second-order valence-corrected chi connectivity index (χ2v) is 7.90. The van der Waals surface area contributed by atoms with Gasteiger partial charge >= 0.3 is 5.69 Å². The molecular weight excluding hydrogens is 434 g/mol. The van der Waals surface area contributed by atoms with Gasteiger partial charge in [-0.2, -0.15) is 5.10 Å². The molecule has 5 aromatic rings. The van der Waals surface area contributed by atoms with E-state index in [1.165, 1.54) is 0 Å². The Hall–Kier alpha value is -4.73. The molecule has 0 radical (unpaired) electrons. The third kappa shape index (κ3) is 3.92. The van der Waals surface area contributed by atoms with Crippen molar-refractivity contribution < 1.29 is 9.59 Å². The van der Waals surface area contributed by atoms with Crippen molar-refractivity contribution in [3.05, 3.63) is 76.3 Å². The van der Waals surface area contributed by atoms with E-state index in [1.54, 1.807) is 36.0 Å². The molecule has 0 aliphatic heterocycles. The van der Waals surface area contributed by atoms with Crippen LogP contribution in [-0.2, 0) is 11.8 Å². The third-order valence-corrected chi connectivity index (χ3v) is 5.49. The lowest BCUT2D eigenvalue weighted by molar-refractivity contribution is -0.115. The van der Waals surface area contributed by atoms with E-state index < -0.39 is 11.8 Å². The summed E-state index contributed by atoms with van der Waals surface area (Å²) >= 11 is 0. The first-order chi connectivity index (χ1) is 16.4. The van der Waals surface area contributed by atoms with Crippen LogP contribution in [0.5, 0.6) is 0 Å². The van der Waals surface area contributed by atoms with Crippen LogP contribution in [0, 0.1) is 6.92 Å². The summed E-state index contributed by atoms with van der Waals surface area (Å²) in [5.41, 5.74) is 4.56. The molecule has 170 valence electrons. The second kappa shape index (κ2) is 8.32. The van der Waals surface area contributed by atoms with Gasteiger partial charge in [0.25, 0.3) is 5.91 Å². The SMILES string of the molecule is Cc1nn(C)c2nc(-c3ccccc3)cc(C(=O)NCC(=O)Nc3ccc4[nH]c(=O)[nH]c4c3)c12. The maximum Gasteiger partial charge on any atom is 0.323 e. The van der Waals surface area contributed by atoms with Crippen molar-refractivity contribution in [3.63, 3.8) is 0 Å². The molecule has 0 saturated heterocycles. The number of aryl methyl sites for hydroxylation is 2. The number of carbonyl (C=O) groups is 2. The molecule has 0 spiro atoms. The number of anilines is 1. The maximum atomic E-state index is 13.1. The lowest BCUT2D eigenvalue weighted by Gasteiger charge is -2.10. The zero-order valence-electron chi connectivity index (χ0n) is 18.5. The largest absolute Gasteiger partial charge is 0.343 e. The van der Waals surface area contributed by atoms with Crippen molar-refractivity contribution >= 4 is 39.6 Å². The molecule has 0 saturated carbocycles. The Morgan fingerprint density at radius 2 is 1.79 bits per heavy atom. The molecule has 10 nitrogen and oxygen atoms in total. The first-order valence-corrected chi connectivity index (χ1v) is 10.6. The molecule has 5 rings (SSSR count). The average molecular weight is 455 g/mol. The normalized spacial score (nSPS) is 11.1. The first kappa shape index (κ1) is 21.1. The van der Waals surface area contributed by atoms with Crippen LogP contribution in [0.4, 0.5) is 5.69 Å². The molecule has 2 amide bonds. The number of aromatic amines is 2. The minimum atomic E-state index is -0.402. The van der Waals surface area contributed by atoms with Crippen LogP contribution in [0.3, 0.4) is 0 Å². The highest BCUT2D eigenvalue weighted by Crippen LogP contribution is 2.26. The van der Waals surface area contributed by atoms with Crippen LogP contribution >= 0.6 is 0 Å². The zero-order chi connectivity index (χ0) is 23.8. The van der Waals surface area contributed by atoms with Gasteiger partial charge in [0, 0.05) is 18.3 Å². The zero-order valence-corrected chi connectivity index (χ0v) is 18.5. The number of pyridine rings is 1. The Kier molecular flexibility index (Phi) is 5.17. The molecule has 2 aromatic carbocycles. The summed E-state index contributed by atoms with van der Waals surface area (Å²) in [7, 11) is 1.78. The fraction of sp³-hybridized carbons (Fsp3) is 0.125. The van der Waals surface area contributed by atoms with E-state index in [-0.39, 0.29) is 12.2 Å². The molecule has 3 heterocycles. The molecule has 0 atom stereocenters. The van der Waals surface area contributed by atoms with Crippen LogP contribution < -0.4 is 16.3 Å². The third-order valence-electron chi connectivity index (χ3n) is 5.49. The van der Waals surface area contributed by atoms with Crippen molar-refractivity contribution in [3.8, 4) is 11.3 Å². The van der Waals surface area contributed by atoms with Gasteiger partial charge in [-0.3, -0.25) is 14.3 Å². The van der Waals surface area contributed by atoms with Gasteiger partial charge in [0.2, 0.25) is 5.91 Å². The Labute approximate surface area is 193 Å². The molecule has 4 N–H and O–H groups in total. The average Bonchev–Trinajstić information content (AvgIpc) is 3.34. The minimum absolute atomic E-state index is 0.232. The summed E-state index contributed by atoms with van der Waals surface area (Å²) in [6.07, 6.45) is 0. The van der Waals surface area contributed by atoms with Crippen LogP contribution in [-0.4, -0.2) is 43.1 Å². The smallest absolute Gasteiger partial charge is 0.323 e. The molecule has 0 aliphatic carbocycles. The first-order valence-electron chi connectivity index (χ1n) is 10.6. The topological polar surface area (TPSA) is 138 Å². The number of carbonyl (C=O) groups excluding carboxylic acids is 2. The summed E-state index contributed by atoms with van der Waals surface area (Å²) in [4.78, 5) is 47.0. The summed E-state index contributed by atoms with van der Waals surface area (Å²) in [5.74, 6) is -0.802. The number of hydrogen-bond donors (Lipinski definition) is 4. The van der Waals surface area contributed by atoms with Crippen LogP contribution in [0.2, 0.25) is 0 Å². The number of nitrogens with zero attached hydrogens (tertiary/aromatic N) is 3. The highest BCUT2D eigenvalue weighted by Gasteiger charge is 2.20. The van der Waals surface area contributed by atoms with Gasteiger partial charge in [-0.15, -0.1) is 0 Å². The van der Waals surface area contributed by atoms with Gasteiger partial charge in [-0.05, 0) is 31.2 Å². The molecule has 34 heavy (non-hydrogen) atoms. The fourth-order valence-corrected chi connectivity index (χ4v) is 3.95. The van der Waals surface area contributed by atoms with E-state index in [9.17, 15) is 14.4 Å². The number of hydrogen-bond acceptors (Lipinski definition) is 5. The van der Waals surface area contributed by atoms with Gasteiger partial charge in [-0.1, -0.05) is 30.3 Å². The van der Waals surface area contributed by atoms with Gasteiger partial charge in [0.15, 0.2) is 5.65 Å². The van der Waals surface area contributed by atoms with Crippen molar-refractivity contribution in [1.29, 1.82) is 0 Å². The summed E-state index contributed by atoms with van der Waals surface area (Å²) < 4.78 is 1.64. The number of H-pyrrole nitrogens is 2. The van der Waals surface area contributed by atoms with Crippen molar-refractivity contribution in [1.82, 2.24) is 30.0 Å². The van der Waals surface area contributed by atoms with Crippen molar-refractivity contribution in [2.24, 2.45) is 7.05 Å². The van der Waals surface area contributed by atoms with E-state index in [2.05, 4.69) is 25.7 Å². The molecule has 0 aliphatic rings. The Morgan fingerprint density at radius 1 is 1.03 bits per heavy atom. The monoisotopic (exact) mass is 455 g/mol. The van der Waals surface area contributed by atoms with Gasteiger partial charge in [0.1, 0.15) is 0 Å². The second-order valence-electron chi connectivity index (χ2n) is 7.90. The van der Waals surface area contributed by atoms with Gasteiger partial charge < -0.3 is 20.6 Å². The molecule has 0 unspecified atom stereocenters. The minimum Gasteiger partial charge on any atom is -0.343 e. The van der Waals surface area contributed by atoms with E-state index in [0.29, 0.717) is 44.7 Å². The number of aromatic nitrogens is 5. The van der Waals surface area contributed by atoms with Crippen molar-refractivity contribution in [2.75, 3.05) is 11.9 Å². The van der Waals surface area contributed by atoms with Crippen LogP contribution in [0.1, 0.15) is 16.1 Å². The van der Waals surface area contributed by atoms with E-state index >= 15 is 0 Å². The van der Waals surface area contributed by atoms with Crippen LogP contribution in [0.25, 0.3) is 33.3 Å². The Bertz CT molecular complexity index is 1610. The van der Waals surface area contributed by atoms with Gasteiger partial charge in [-0.25, -0.2) is 9.78 Å². The molecule has 3 aromatic heterocycles. The van der Waals surface area contributed by atoms with Crippen molar-refractivity contribution in [2.45, 2.75) is 6.92 Å². The highest BCUT2D eigenvalue weighted by molar-refractivity contribution is 6.09. The predicted octanol–water partition coefficient (Wildman–Crippen LogP) is 2.48. The maximum absolute atomic E-state index is 13.1. The van der Waals surface area contributed by atoms with E-state index in [1.807, 2.05) is 37.3 Å². The highest BCUT2D eigenvalue weighted by atomic mass is 16.2. The number of nitrogens with one attached hydrogen (secondary N) is 4. The Morgan fingerprint density at radius 3 is 2.59 bits per heavy atom. The molecule has 0 bridgehead atoms. The number of amides is 2. The van der Waals surface area contributed by atoms with E-state index in [0.717, 1.165) is 5.56 Å². The summed E-state index contributed by atoms with van der Waals surface area (Å²) in [5, 5.41) is 10.5. The fourth-order valence-electron chi connectivity index (χ4n) is 3.95. The number of benzene rings is 2.